The summed E-state index contributed by atoms with van der Waals surface area (Å²) >= 11 is 0. The zero-order valence-electron chi connectivity index (χ0n) is 14.1. The van der Waals surface area contributed by atoms with E-state index in [0.29, 0.717) is 12.4 Å². The number of nitrogens with zero attached hydrogens (tertiary/aromatic N) is 3. The molecule has 5 nitrogen and oxygen atoms in total. The largest absolute Gasteiger partial charge is 0.387 e. The number of pyridine rings is 1. The minimum Gasteiger partial charge on any atom is -0.387 e. The summed E-state index contributed by atoms with van der Waals surface area (Å²) in [5.41, 5.74) is 3.54. The van der Waals surface area contributed by atoms with Gasteiger partial charge in [0, 0.05) is 29.8 Å². The van der Waals surface area contributed by atoms with Crippen molar-refractivity contribution in [1.82, 2.24) is 15.0 Å². The lowest BCUT2D eigenvalue weighted by Gasteiger charge is -2.13. The van der Waals surface area contributed by atoms with Crippen LogP contribution in [0, 0.1) is 0 Å². The Kier molecular flexibility index (Phi) is 4.53. The summed E-state index contributed by atoms with van der Waals surface area (Å²) < 4.78 is 0. The molecule has 2 aromatic carbocycles. The smallest absolute Gasteiger partial charge is 0.130 e. The second kappa shape index (κ2) is 7.29. The number of rotatable bonds is 5. The highest BCUT2D eigenvalue weighted by Gasteiger charge is 2.08. The van der Waals surface area contributed by atoms with Gasteiger partial charge in [0.2, 0.25) is 0 Å². The lowest BCUT2D eigenvalue weighted by atomic mass is 10.1. The van der Waals surface area contributed by atoms with Gasteiger partial charge in [0.1, 0.15) is 12.1 Å². The van der Waals surface area contributed by atoms with E-state index in [9.17, 15) is 5.11 Å². The molecule has 0 amide bonds. The van der Waals surface area contributed by atoms with Gasteiger partial charge in [-0.15, -0.1) is 0 Å². The van der Waals surface area contributed by atoms with E-state index in [1.807, 2.05) is 66.9 Å². The van der Waals surface area contributed by atoms with Crippen LogP contribution in [-0.2, 0) is 0 Å². The molecule has 0 unspecified atom stereocenters. The van der Waals surface area contributed by atoms with Gasteiger partial charge in [-0.2, -0.15) is 0 Å². The Morgan fingerprint density at radius 2 is 1.69 bits per heavy atom. The SMILES string of the molecule is O[C@@H](CNc1cc(-c2cnc3ccccc3c2)ncn1)c1ccccc1. The molecule has 0 saturated carbocycles. The van der Waals surface area contributed by atoms with E-state index in [2.05, 4.69) is 26.3 Å². The Hall–Kier alpha value is -3.31. The number of fused-ring (bicyclic) bond motifs is 1. The fraction of sp³-hybridized carbons (Fsp3) is 0.0952. The van der Waals surface area contributed by atoms with Gasteiger partial charge in [0.15, 0.2) is 0 Å². The zero-order valence-corrected chi connectivity index (χ0v) is 14.1. The molecule has 2 heterocycles. The predicted octanol–water partition coefficient (Wildman–Crippen LogP) is 3.84. The molecule has 0 aliphatic heterocycles. The van der Waals surface area contributed by atoms with Crippen molar-refractivity contribution in [1.29, 1.82) is 0 Å². The fourth-order valence-corrected chi connectivity index (χ4v) is 2.82. The van der Waals surface area contributed by atoms with Crippen molar-refractivity contribution < 1.29 is 5.11 Å². The molecule has 26 heavy (non-hydrogen) atoms. The summed E-state index contributed by atoms with van der Waals surface area (Å²) in [6, 6.07) is 21.5. The molecule has 0 fully saturated rings. The van der Waals surface area contributed by atoms with Gasteiger partial charge in [0.05, 0.1) is 17.3 Å². The molecule has 0 saturated heterocycles. The van der Waals surface area contributed by atoms with Crippen LogP contribution in [0.15, 0.2) is 79.3 Å². The van der Waals surface area contributed by atoms with E-state index >= 15 is 0 Å². The van der Waals surface area contributed by atoms with Crippen LogP contribution in [0.1, 0.15) is 11.7 Å². The zero-order chi connectivity index (χ0) is 17.8. The number of hydrogen-bond donors (Lipinski definition) is 2. The van der Waals surface area contributed by atoms with Gasteiger partial charge in [-0.1, -0.05) is 48.5 Å². The van der Waals surface area contributed by atoms with Crippen molar-refractivity contribution in [3.8, 4) is 11.3 Å². The Bertz CT molecular complexity index is 1020. The molecule has 0 aliphatic carbocycles. The molecular formula is C21H18N4O. The molecule has 1 atom stereocenters. The first-order valence-corrected chi connectivity index (χ1v) is 8.44. The molecule has 0 bridgehead atoms. The summed E-state index contributed by atoms with van der Waals surface area (Å²) in [6.45, 7) is 0.371. The first-order chi connectivity index (χ1) is 12.8. The first-order valence-electron chi connectivity index (χ1n) is 8.44. The molecule has 128 valence electrons. The highest BCUT2D eigenvalue weighted by atomic mass is 16.3. The van der Waals surface area contributed by atoms with Gasteiger partial charge >= 0.3 is 0 Å². The van der Waals surface area contributed by atoms with Gasteiger partial charge in [-0.05, 0) is 17.7 Å². The highest BCUT2D eigenvalue weighted by Crippen LogP contribution is 2.22. The Balaban J connectivity index is 1.52. The van der Waals surface area contributed by atoms with Crippen molar-refractivity contribution >= 4 is 16.7 Å². The molecule has 0 aliphatic rings. The van der Waals surface area contributed by atoms with E-state index in [-0.39, 0.29) is 0 Å². The Morgan fingerprint density at radius 3 is 2.58 bits per heavy atom. The Morgan fingerprint density at radius 1 is 0.885 bits per heavy atom. The molecule has 2 aromatic heterocycles. The summed E-state index contributed by atoms with van der Waals surface area (Å²) in [6.07, 6.45) is 2.73. The summed E-state index contributed by atoms with van der Waals surface area (Å²) in [4.78, 5) is 13.1. The van der Waals surface area contributed by atoms with Crippen LogP contribution < -0.4 is 5.32 Å². The van der Waals surface area contributed by atoms with Crippen LogP contribution in [0.5, 0.6) is 0 Å². The third kappa shape index (κ3) is 3.53. The van der Waals surface area contributed by atoms with Gasteiger partial charge in [-0.25, -0.2) is 9.97 Å². The van der Waals surface area contributed by atoms with Gasteiger partial charge in [-0.3, -0.25) is 4.98 Å². The molecule has 4 rings (SSSR count). The quantitative estimate of drug-likeness (QED) is 0.577. The molecule has 2 N–H and O–H groups in total. The number of aliphatic hydroxyl groups excluding tert-OH is 1. The molecule has 5 heteroatoms. The fourth-order valence-electron chi connectivity index (χ4n) is 2.82. The third-order valence-corrected chi connectivity index (χ3v) is 4.21. The third-order valence-electron chi connectivity index (χ3n) is 4.21. The average molecular weight is 342 g/mol. The summed E-state index contributed by atoms with van der Waals surface area (Å²) in [7, 11) is 0. The average Bonchev–Trinajstić information content (AvgIpc) is 2.72. The van der Waals surface area contributed by atoms with E-state index in [4.69, 9.17) is 0 Å². The van der Waals surface area contributed by atoms with Crippen LogP contribution in [0.2, 0.25) is 0 Å². The highest BCUT2D eigenvalue weighted by molar-refractivity contribution is 5.82. The van der Waals surface area contributed by atoms with Crippen LogP contribution in [0.25, 0.3) is 22.2 Å². The lowest BCUT2D eigenvalue weighted by molar-refractivity contribution is 0.191. The van der Waals surface area contributed by atoms with E-state index in [0.717, 1.165) is 27.7 Å². The maximum absolute atomic E-state index is 10.3. The van der Waals surface area contributed by atoms with E-state index < -0.39 is 6.10 Å². The van der Waals surface area contributed by atoms with Crippen molar-refractivity contribution in [3.05, 3.63) is 84.8 Å². The molecule has 0 radical (unpaired) electrons. The minimum absolute atomic E-state index is 0.371. The van der Waals surface area contributed by atoms with Gasteiger partial charge < -0.3 is 10.4 Å². The number of para-hydroxylation sites is 1. The van der Waals surface area contributed by atoms with Crippen LogP contribution in [-0.4, -0.2) is 26.6 Å². The normalized spacial score (nSPS) is 12.0. The first kappa shape index (κ1) is 16.2. The predicted molar refractivity (Wildman–Crippen MR) is 103 cm³/mol. The van der Waals surface area contributed by atoms with Crippen molar-refractivity contribution in [2.45, 2.75) is 6.10 Å². The summed E-state index contributed by atoms with van der Waals surface area (Å²) in [5.74, 6) is 0.665. The number of anilines is 1. The second-order valence-corrected chi connectivity index (χ2v) is 6.01. The maximum atomic E-state index is 10.3. The van der Waals surface area contributed by atoms with Crippen molar-refractivity contribution in [2.24, 2.45) is 0 Å². The van der Waals surface area contributed by atoms with Crippen molar-refractivity contribution in [3.63, 3.8) is 0 Å². The van der Waals surface area contributed by atoms with Gasteiger partial charge in [0.25, 0.3) is 0 Å². The molecule has 0 spiro atoms. The number of hydrogen-bond acceptors (Lipinski definition) is 5. The number of nitrogens with one attached hydrogen (secondary N) is 1. The van der Waals surface area contributed by atoms with E-state index in [1.165, 1.54) is 6.33 Å². The second-order valence-electron chi connectivity index (χ2n) is 6.01. The minimum atomic E-state index is -0.600. The van der Waals surface area contributed by atoms with Crippen LogP contribution in [0.3, 0.4) is 0 Å². The number of benzene rings is 2. The molecule has 4 aromatic rings. The van der Waals surface area contributed by atoms with Crippen LogP contribution in [0.4, 0.5) is 5.82 Å². The standard InChI is InChI=1S/C21H18N4O/c26-20(15-6-2-1-3-7-15)13-23-21-11-19(24-14-25-21)17-10-16-8-4-5-9-18(16)22-12-17/h1-12,14,20,26H,13H2,(H,23,24,25)/t20-/m0/s1. The lowest BCUT2D eigenvalue weighted by Crippen LogP contribution is -2.13. The maximum Gasteiger partial charge on any atom is 0.130 e. The number of aliphatic hydroxyl groups is 1. The topological polar surface area (TPSA) is 70.9 Å². The Labute approximate surface area is 151 Å². The molecular weight excluding hydrogens is 324 g/mol. The monoisotopic (exact) mass is 342 g/mol. The van der Waals surface area contributed by atoms with Crippen LogP contribution >= 0.6 is 0 Å². The van der Waals surface area contributed by atoms with E-state index in [1.54, 1.807) is 0 Å². The summed E-state index contributed by atoms with van der Waals surface area (Å²) in [5, 5.41) is 14.5. The number of aromatic nitrogens is 3. The van der Waals surface area contributed by atoms with Crippen molar-refractivity contribution in [2.75, 3.05) is 11.9 Å².